The van der Waals surface area contributed by atoms with E-state index in [9.17, 15) is 9.90 Å². The lowest BCUT2D eigenvalue weighted by Gasteiger charge is -2.10. The summed E-state index contributed by atoms with van der Waals surface area (Å²) >= 11 is 6.20. The minimum atomic E-state index is -0.138. The third-order valence-electron chi connectivity index (χ3n) is 1.45. The quantitative estimate of drug-likeness (QED) is 0.550. The molecule has 14 heavy (non-hydrogen) atoms. The number of halogens is 3. The van der Waals surface area contributed by atoms with Crippen LogP contribution in [-0.2, 0) is 4.79 Å². The molecule has 0 radical (unpaired) electrons. The van der Waals surface area contributed by atoms with Gasteiger partial charge in [0, 0.05) is 10.5 Å². The molecule has 0 saturated heterocycles. The Hall–Kier alpha value is 0.680. The van der Waals surface area contributed by atoms with E-state index < -0.39 is 0 Å². The highest BCUT2D eigenvalue weighted by Crippen LogP contribution is 2.35. The van der Waals surface area contributed by atoms with Crippen molar-refractivity contribution < 1.29 is 9.90 Å². The van der Waals surface area contributed by atoms with E-state index in [0.29, 0.717) is 9.26 Å². The molecule has 0 aliphatic carbocycles. The molecule has 0 spiro atoms. The van der Waals surface area contributed by atoms with Crippen LogP contribution in [0.2, 0.25) is 0 Å². The maximum absolute atomic E-state index is 10.9. The molecule has 1 aromatic rings. The first-order chi connectivity index (χ1) is 6.43. The highest BCUT2D eigenvalue weighted by Gasteiger charge is 2.13. The Bertz CT molecular complexity index is 393. The van der Waals surface area contributed by atoms with Crippen molar-refractivity contribution in [3.8, 4) is 5.75 Å². The Kier molecular flexibility index (Phi) is 4.68. The lowest BCUT2D eigenvalue weighted by atomic mass is 10.3. The van der Waals surface area contributed by atoms with Crippen molar-refractivity contribution >= 4 is 79.4 Å². The van der Waals surface area contributed by atoms with Crippen molar-refractivity contribution in [1.82, 2.24) is 0 Å². The number of amides is 1. The first-order valence-corrected chi connectivity index (χ1v) is 6.81. The maximum atomic E-state index is 10.9. The monoisotopic (exact) mass is 529 g/mol. The summed E-state index contributed by atoms with van der Waals surface area (Å²) in [7, 11) is 0. The van der Waals surface area contributed by atoms with Gasteiger partial charge in [-0.1, -0.05) is 0 Å². The highest BCUT2D eigenvalue weighted by molar-refractivity contribution is 14.1. The second-order valence-corrected chi connectivity index (χ2v) is 5.96. The van der Waals surface area contributed by atoms with E-state index in [-0.39, 0.29) is 11.7 Å². The van der Waals surface area contributed by atoms with Crippen molar-refractivity contribution in [2.24, 2.45) is 0 Å². The number of phenols is 1. The molecule has 1 amide bonds. The molecule has 6 heteroatoms. The Morgan fingerprint density at radius 2 is 1.93 bits per heavy atom. The summed E-state index contributed by atoms with van der Waals surface area (Å²) in [6.45, 7) is 1.45. The molecule has 0 fully saturated rings. The Balaban J connectivity index is 3.29. The van der Waals surface area contributed by atoms with Crippen LogP contribution in [0.5, 0.6) is 5.75 Å². The number of hydrogen-bond donors (Lipinski definition) is 2. The summed E-state index contributed by atoms with van der Waals surface area (Å²) in [6.07, 6.45) is 0. The van der Waals surface area contributed by atoms with Crippen LogP contribution in [0.15, 0.2) is 6.07 Å². The lowest BCUT2D eigenvalue weighted by molar-refractivity contribution is -0.114. The topological polar surface area (TPSA) is 49.3 Å². The third kappa shape index (κ3) is 2.84. The fraction of sp³-hybridized carbons (Fsp3) is 0.125. The van der Waals surface area contributed by atoms with Gasteiger partial charge in [0.25, 0.3) is 0 Å². The standard InChI is InChI=1S/C8H6I3NO2/c1-3(13)12-7-4(9)2-5(10)8(14)6(7)11/h2,14H,1H3,(H,12,13). The number of rotatable bonds is 1. The van der Waals surface area contributed by atoms with Crippen molar-refractivity contribution in [2.75, 3.05) is 5.32 Å². The van der Waals surface area contributed by atoms with E-state index in [4.69, 9.17) is 0 Å². The highest BCUT2D eigenvalue weighted by atomic mass is 127. The number of hydrogen-bond acceptors (Lipinski definition) is 2. The number of carbonyl (C=O) groups excluding carboxylic acids is 1. The van der Waals surface area contributed by atoms with Gasteiger partial charge in [0.1, 0.15) is 5.75 Å². The zero-order chi connectivity index (χ0) is 10.9. The molecule has 76 valence electrons. The molecule has 0 aliphatic rings. The van der Waals surface area contributed by atoms with Gasteiger partial charge in [-0.15, -0.1) is 0 Å². The summed E-state index contributed by atoms with van der Waals surface area (Å²) < 4.78 is 2.38. The van der Waals surface area contributed by atoms with Gasteiger partial charge in [0.2, 0.25) is 5.91 Å². The minimum Gasteiger partial charge on any atom is -0.506 e. The molecule has 1 aromatic carbocycles. The van der Waals surface area contributed by atoms with E-state index in [1.54, 1.807) is 0 Å². The van der Waals surface area contributed by atoms with Crippen molar-refractivity contribution in [3.05, 3.63) is 16.8 Å². The van der Waals surface area contributed by atoms with Crippen molar-refractivity contribution in [2.45, 2.75) is 6.92 Å². The van der Waals surface area contributed by atoms with Gasteiger partial charge in [-0.25, -0.2) is 0 Å². The van der Waals surface area contributed by atoms with Gasteiger partial charge in [-0.2, -0.15) is 0 Å². The molecule has 0 atom stereocenters. The smallest absolute Gasteiger partial charge is 0.221 e. The normalized spacial score (nSPS) is 10.0. The molecule has 2 N–H and O–H groups in total. The summed E-state index contributed by atoms with van der Waals surface area (Å²) in [5.74, 6) is 0.0804. The zero-order valence-electron chi connectivity index (χ0n) is 7.07. The predicted molar refractivity (Wildman–Crippen MR) is 80.6 cm³/mol. The SMILES string of the molecule is CC(=O)Nc1c(I)cc(I)c(O)c1I. The minimum absolute atomic E-state index is 0.138. The molecule has 0 aliphatic heterocycles. The third-order valence-corrected chi connectivity index (χ3v) is 4.17. The number of benzene rings is 1. The molecular weight excluding hydrogens is 523 g/mol. The molecule has 0 unspecified atom stereocenters. The van der Waals surface area contributed by atoms with Crippen LogP contribution in [0.4, 0.5) is 5.69 Å². The fourth-order valence-corrected chi connectivity index (χ4v) is 4.51. The van der Waals surface area contributed by atoms with Gasteiger partial charge < -0.3 is 10.4 Å². The number of anilines is 1. The molecular formula is C8H6I3NO2. The van der Waals surface area contributed by atoms with Crippen LogP contribution < -0.4 is 5.32 Å². The first kappa shape index (κ1) is 12.7. The Morgan fingerprint density at radius 1 is 1.36 bits per heavy atom. The molecule has 1 rings (SSSR count). The van der Waals surface area contributed by atoms with E-state index in [2.05, 4.69) is 50.5 Å². The van der Waals surface area contributed by atoms with Crippen LogP contribution in [-0.4, -0.2) is 11.0 Å². The molecule has 0 saturated carbocycles. The fourth-order valence-electron chi connectivity index (χ4n) is 0.870. The second kappa shape index (κ2) is 5.14. The first-order valence-electron chi connectivity index (χ1n) is 3.57. The van der Waals surface area contributed by atoms with Crippen LogP contribution in [0.3, 0.4) is 0 Å². The van der Waals surface area contributed by atoms with Crippen molar-refractivity contribution in [1.29, 1.82) is 0 Å². The number of carbonyl (C=O) groups is 1. The summed E-state index contributed by atoms with van der Waals surface area (Å²) in [5.41, 5.74) is 0.677. The van der Waals surface area contributed by atoms with Crippen LogP contribution in [0, 0.1) is 10.7 Å². The van der Waals surface area contributed by atoms with Crippen LogP contribution in [0.25, 0.3) is 0 Å². The second-order valence-electron chi connectivity index (χ2n) is 2.56. The number of aromatic hydroxyl groups is 1. The summed E-state index contributed by atoms with van der Waals surface area (Å²) in [6, 6.07) is 1.82. The van der Waals surface area contributed by atoms with Gasteiger partial charge in [0.15, 0.2) is 0 Å². The maximum Gasteiger partial charge on any atom is 0.221 e. The zero-order valence-corrected chi connectivity index (χ0v) is 13.5. The Morgan fingerprint density at radius 3 is 2.43 bits per heavy atom. The van der Waals surface area contributed by atoms with Gasteiger partial charge >= 0.3 is 0 Å². The number of phenolic OH excluding ortho intramolecular Hbond substituents is 1. The van der Waals surface area contributed by atoms with E-state index >= 15 is 0 Å². The van der Waals surface area contributed by atoms with E-state index in [1.807, 2.05) is 28.7 Å². The largest absolute Gasteiger partial charge is 0.506 e. The predicted octanol–water partition coefficient (Wildman–Crippen LogP) is 3.16. The molecule has 0 heterocycles. The molecule has 3 nitrogen and oxygen atoms in total. The molecule has 0 aromatic heterocycles. The average Bonchev–Trinajstić information content (AvgIpc) is 2.09. The molecule has 0 bridgehead atoms. The van der Waals surface area contributed by atoms with Crippen LogP contribution >= 0.6 is 67.8 Å². The van der Waals surface area contributed by atoms with Crippen LogP contribution in [0.1, 0.15) is 6.92 Å². The van der Waals surface area contributed by atoms with Gasteiger partial charge in [0.05, 0.1) is 12.8 Å². The van der Waals surface area contributed by atoms with E-state index in [1.165, 1.54) is 6.92 Å². The lowest BCUT2D eigenvalue weighted by Crippen LogP contribution is -2.09. The summed E-state index contributed by atoms with van der Waals surface area (Å²) in [5, 5.41) is 12.3. The summed E-state index contributed by atoms with van der Waals surface area (Å²) in [4.78, 5) is 10.9. The van der Waals surface area contributed by atoms with Crippen molar-refractivity contribution in [3.63, 3.8) is 0 Å². The van der Waals surface area contributed by atoms with Gasteiger partial charge in [-0.05, 0) is 73.8 Å². The van der Waals surface area contributed by atoms with Gasteiger partial charge in [-0.3, -0.25) is 4.79 Å². The number of nitrogens with one attached hydrogen (secondary N) is 1. The Labute approximate surface area is 122 Å². The van der Waals surface area contributed by atoms with E-state index in [0.717, 1.165) is 7.14 Å². The average molecular weight is 529 g/mol.